The minimum Gasteiger partial charge on any atom is -0.325 e. The van der Waals surface area contributed by atoms with E-state index in [1.807, 2.05) is 13.0 Å². The van der Waals surface area contributed by atoms with Crippen LogP contribution in [0.4, 0.5) is 10.1 Å². The van der Waals surface area contributed by atoms with E-state index in [9.17, 15) is 9.18 Å². The zero-order valence-electron chi connectivity index (χ0n) is 12.6. The Hall–Kier alpha value is -2.20. The molecule has 0 bridgehead atoms. The molecule has 3 nitrogen and oxygen atoms in total. The third-order valence-electron chi connectivity index (χ3n) is 4.18. The van der Waals surface area contributed by atoms with Gasteiger partial charge in [0.1, 0.15) is 5.82 Å². The van der Waals surface area contributed by atoms with Crippen LogP contribution in [0.2, 0.25) is 0 Å². The van der Waals surface area contributed by atoms with Crippen LogP contribution in [0.3, 0.4) is 0 Å². The van der Waals surface area contributed by atoms with Crippen LogP contribution in [-0.2, 0) is 17.8 Å². The Morgan fingerprint density at radius 1 is 1.18 bits per heavy atom. The van der Waals surface area contributed by atoms with Gasteiger partial charge >= 0.3 is 0 Å². The van der Waals surface area contributed by atoms with Gasteiger partial charge in [-0.3, -0.25) is 9.69 Å². The maximum atomic E-state index is 13.2. The molecule has 114 valence electrons. The highest BCUT2D eigenvalue weighted by Crippen LogP contribution is 2.21. The van der Waals surface area contributed by atoms with Gasteiger partial charge in [0.15, 0.2) is 0 Å². The summed E-state index contributed by atoms with van der Waals surface area (Å²) in [6.07, 6.45) is 0.952. The summed E-state index contributed by atoms with van der Waals surface area (Å²) in [6, 6.07) is 14.1. The van der Waals surface area contributed by atoms with Gasteiger partial charge in [0.25, 0.3) is 0 Å². The number of amides is 1. The van der Waals surface area contributed by atoms with E-state index in [1.165, 1.54) is 23.3 Å². The number of carbonyl (C=O) groups is 1. The number of hydrogen-bond donors (Lipinski definition) is 1. The van der Waals surface area contributed by atoms with Crippen LogP contribution in [0.25, 0.3) is 0 Å². The van der Waals surface area contributed by atoms with Gasteiger partial charge in [-0.15, -0.1) is 0 Å². The van der Waals surface area contributed by atoms with E-state index < -0.39 is 0 Å². The molecule has 0 saturated carbocycles. The molecule has 4 heteroatoms. The van der Waals surface area contributed by atoms with E-state index in [-0.39, 0.29) is 17.8 Å². The van der Waals surface area contributed by atoms with Crippen molar-refractivity contribution < 1.29 is 9.18 Å². The number of anilines is 1. The van der Waals surface area contributed by atoms with Crippen LogP contribution >= 0.6 is 0 Å². The lowest BCUT2D eigenvalue weighted by molar-refractivity contribution is -0.121. The number of carbonyl (C=O) groups excluding carboxylic acids is 1. The summed E-state index contributed by atoms with van der Waals surface area (Å²) in [5.41, 5.74) is 3.13. The van der Waals surface area contributed by atoms with Crippen molar-refractivity contribution in [3.63, 3.8) is 0 Å². The minimum atomic E-state index is -0.350. The molecule has 1 aliphatic heterocycles. The molecule has 0 aliphatic carbocycles. The second-order valence-corrected chi connectivity index (χ2v) is 5.66. The number of halogens is 1. The average molecular weight is 298 g/mol. The van der Waals surface area contributed by atoms with Crippen molar-refractivity contribution >= 4 is 11.6 Å². The molecule has 0 unspecified atom stereocenters. The molecular weight excluding hydrogens is 279 g/mol. The van der Waals surface area contributed by atoms with Gasteiger partial charge in [-0.25, -0.2) is 4.39 Å². The first-order chi connectivity index (χ1) is 10.6. The summed E-state index contributed by atoms with van der Waals surface area (Å²) in [5.74, 6) is -0.456. The molecule has 2 aromatic rings. The van der Waals surface area contributed by atoms with Gasteiger partial charge in [0.2, 0.25) is 5.91 Å². The van der Waals surface area contributed by atoms with Crippen molar-refractivity contribution in [3.8, 4) is 0 Å². The van der Waals surface area contributed by atoms with Crippen molar-refractivity contribution in [2.75, 3.05) is 11.9 Å². The highest BCUT2D eigenvalue weighted by Gasteiger charge is 2.25. The Balaban J connectivity index is 1.67. The van der Waals surface area contributed by atoms with Crippen molar-refractivity contribution in [1.82, 2.24) is 4.90 Å². The van der Waals surface area contributed by atoms with Crippen molar-refractivity contribution in [3.05, 3.63) is 65.5 Å². The third kappa shape index (κ3) is 3.17. The van der Waals surface area contributed by atoms with E-state index in [0.29, 0.717) is 5.69 Å². The van der Waals surface area contributed by atoms with Gasteiger partial charge in [0.05, 0.1) is 6.04 Å². The molecule has 22 heavy (non-hydrogen) atoms. The van der Waals surface area contributed by atoms with E-state index in [4.69, 9.17) is 0 Å². The number of fused-ring (bicyclic) bond motifs is 1. The first-order valence-electron chi connectivity index (χ1n) is 7.51. The SMILES string of the molecule is C[C@H](C(=O)Nc1cccc(F)c1)N1CCc2ccccc2C1. The zero-order chi connectivity index (χ0) is 15.5. The summed E-state index contributed by atoms with van der Waals surface area (Å²) in [5, 5.41) is 2.78. The van der Waals surface area contributed by atoms with Gasteiger partial charge in [-0.2, -0.15) is 0 Å². The summed E-state index contributed by atoms with van der Waals surface area (Å²) in [7, 11) is 0. The molecular formula is C18H19FN2O. The molecule has 0 radical (unpaired) electrons. The molecule has 1 aliphatic rings. The molecule has 0 spiro atoms. The van der Waals surface area contributed by atoms with Crippen LogP contribution in [0, 0.1) is 5.82 Å². The van der Waals surface area contributed by atoms with E-state index in [0.717, 1.165) is 19.5 Å². The maximum absolute atomic E-state index is 13.2. The van der Waals surface area contributed by atoms with Crippen molar-refractivity contribution in [1.29, 1.82) is 0 Å². The molecule has 0 aromatic heterocycles. The number of nitrogens with one attached hydrogen (secondary N) is 1. The standard InChI is InChI=1S/C18H19FN2O/c1-13(18(22)20-17-8-4-7-16(19)11-17)21-10-9-14-5-2-3-6-15(14)12-21/h2-8,11,13H,9-10,12H2,1H3,(H,20,22)/t13-/m1/s1. The first kappa shape index (κ1) is 14.7. The summed E-state index contributed by atoms with van der Waals surface area (Å²) in [6.45, 7) is 3.52. The monoisotopic (exact) mass is 298 g/mol. The van der Waals surface area contributed by atoms with Crippen LogP contribution in [0.1, 0.15) is 18.1 Å². The largest absolute Gasteiger partial charge is 0.325 e. The predicted octanol–water partition coefficient (Wildman–Crippen LogP) is 3.21. The Kier molecular flexibility index (Phi) is 4.20. The number of nitrogens with zero attached hydrogens (tertiary/aromatic N) is 1. The number of benzene rings is 2. The maximum Gasteiger partial charge on any atom is 0.241 e. The predicted molar refractivity (Wildman–Crippen MR) is 85.0 cm³/mol. The molecule has 0 saturated heterocycles. The Morgan fingerprint density at radius 3 is 2.73 bits per heavy atom. The van der Waals surface area contributed by atoms with Crippen molar-refractivity contribution in [2.24, 2.45) is 0 Å². The van der Waals surface area contributed by atoms with Gasteiger partial charge in [0, 0.05) is 18.8 Å². The number of rotatable bonds is 3. The third-order valence-corrected chi connectivity index (χ3v) is 4.18. The van der Waals surface area contributed by atoms with Crippen LogP contribution in [0.5, 0.6) is 0 Å². The molecule has 1 N–H and O–H groups in total. The number of hydrogen-bond acceptors (Lipinski definition) is 2. The van der Waals surface area contributed by atoms with Crippen molar-refractivity contribution in [2.45, 2.75) is 25.9 Å². The molecule has 1 heterocycles. The van der Waals surface area contributed by atoms with Gasteiger partial charge in [-0.1, -0.05) is 30.3 Å². The zero-order valence-corrected chi connectivity index (χ0v) is 12.6. The fourth-order valence-electron chi connectivity index (χ4n) is 2.83. The molecule has 1 atom stereocenters. The highest BCUT2D eigenvalue weighted by molar-refractivity contribution is 5.94. The summed E-state index contributed by atoms with van der Waals surface area (Å²) < 4.78 is 13.2. The van der Waals surface area contributed by atoms with Gasteiger partial charge < -0.3 is 5.32 Å². The van der Waals surface area contributed by atoms with E-state index in [2.05, 4.69) is 28.4 Å². The average Bonchev–Trinajstić information content (AvgIpc) is 2.53. The molecule has 3 rings (SSSR count). The minimum absolute atomic E-state index is 0.106. The Bertz CT molecular complexity index is 686. The second-order valence-electron chi connectivity index (χ2n) is 5.66. The lowest BCUT2D eigenvalue weighted by Gasteiger charge is -2.32. The quantitative estimate of drug-likeness (QED) is 0.943. The first-order valence-corrected chi connectivity index (χ1v) is 7.51. The topological polar surface area (TPSA) is 32.3 Å². The Labute approximate surface area is 129 Å². The fraction of sp³-hybridized carbons (Fsp3) is 0.278. The summed E-state index contributed by atoms with van der Waals surface area (Å²) >= 11 is 0. The van der Waals surface area contributed by atoms with E-state index >= 15 is 0 Å². The highest BCUT2D eigenvalue weighted by atomic mass is 19.1. The smallest absolute Gasteiger partial charge is 0.241 e. The van der Waals surface area contributed by atoms with Crippen LogP contribution < -0.4 is 5.32 Å². The van der Waals surface area contributed by atoms with Crippen LogP contribution in [0.15, 0.2) is 48.5 Å². The fourth-order valence-corrected chi connectivity index (χ4v) is 2.83. The normalized spacial score (nSPS) is 15.9. The lowest BCUT2D eigenvalue weighted by atomic mass is 9.99. The molecule has 2 aromatic carbocycles. The molecule has 1 amide bonds. The second kappa shape index (κ2) is 6.28. The van der Waals surface area contributed by atoms with Gasteiger partial charge in [-0.05, 0) is 42.7 Å². The molecule has 0 fully saturated rings. The van der Waals surface area contributed by atoms with E-state index in [1.54, 1.807) is 12.1 Å². The summed E-state index contributed by atoms with van der Waals surface area (Å²) in [4.78, 5) is 14.5. The van der Waals surface area contributed by atoms with Crippen LogP contribution in [-0.4, -0.2) is 23.4 Å². The lowest BCUT2D eigenvalue weighted by Crippen LogP contribution is -2.44. The Morgan fingerprint density at radius 2 is 1.95 bits per heavy atom.